The Bertz CT molecular complexity index is 2230. The molecule has 4 N–H and O–H groups in total. The van der Waals surface area contributed by atoms with Crippen molar-refractivity contribution in [3.63, 3.8) is 0 Å². The van der Waals surface area contributed by atoms with Gasteiger partial charge in [0.05, 0.1) is 70.8 Å². The summed E-state index contributed by atoms with van der Waals surface area (Å²) in [6, 6.07) is 13.6. The highest BCUT2D eigenvalue weighted by Gasteiger charge is 2.46. The van der Waals surface area contributed by atoms with E-state index in [0.717, 1.165) is 34.0 Å². The highest BCUT2D eigenvalue weighted by molar-refractivity contribution is 6.78. The van der Waals surface area contributed by atoms with Gasteiger partial charge in [0.15, 0.2) is 0 Å². The molecule has 4 amide bonds. The second-order valence-electron chi connectivity index (χ2n) is 16.4. The summed E-state index contributed by atoms with van der Waals surface area (Å²) in [6.45, 7) is 9.73. The number of carbonyl (C=O) groups excluding carboxylic acids is 4. The maximum Gasteiger partial charge on any atom is 0.407 e. The molecule has 15 nitrogen and oxygen atoms in total. The Kier molecular flexibility index (Phi) is 13.4. The predicted octanol–water partition coefficient (Wildman–Crippen LogP) is 5.75. The number of halogens is 1. The minimum atomic E-state index is -1.80. The molecule has 4 aromatic rings. The first-order chi connectivity index (χ1) is 28.6. The number of benzene rings is 2. The number of alkyl carbamates (subject to hydrolysis) is 2. The average molecular weight is 841 g/mol. The van der Waals surface area contributed by atoms with E-state index in [1.54, 1.807) is 33.2 Å². The fourth-order valence-electron chi connectivity index (χ4n) is 7.71. The first-order valence-corrected chi connectivity index (χ1v) is 23.3. The van der Waals surface area contributed by atoms with Crippen LogP contribution in [-0.4, -0.2) is 120 Å². The molecule has 2 fully saturated rings. The van der Waals surface area contributed by atoms with Gasteiger partial charge in [-0.3, -0.25) is 9.59 Å². The summed E-state index contributed by atoms with van der Waals surface area (Å²) in [5.74, 6) is 6.71. The monoisotopic (exact) mass is 840 g/mol. The smallest absolute Gasteiger partial charge is 0.407 e. The first kappa shape index (κ1) is 43.6. The summed E-state index contributed by atoms with van der Waals surface area (Å²) in [7, 11) is 2.18. The van der Waals surface area contributed by atoms with Gasteiger partial charge in [-0.2, -0.15) is 0 Å². The van der Waals surface area contributed by atoms with E-state index in [4.69, 9.17) is 19.2 Å². The molecule has 2 saturated heterocycles. The highest BCUT2D eigenvalue weighted by atomic mass is 28.3. The van der Waals surface area contributed by atoms with Crippen LogP contribution >= 0.6 is 0 Å². The Morgan fingerprint density at radius 2 is 1.25 bits per heavy atom. The molecule has 318 valence electrons. The number of imidazole rings is 2. The van der Waals surface area contributed by atoms with Gasteiger partial charge in [-0.15, -0.1) is 0 Å². The normalized spacial score (nSPS) is 19.9. The summed E-state index contributed by atoms with van der Waals surface area (Å²) in [6.07, 6.45) is 0.921. The molecule has 0 aliphatic carbocycles. The largest absolute Gasteiger partial charge is 0.453 e. The predicted molar refractivity (Wildman–Crippen MR) is 225 cm³/mol. The molecule has 4 heterocycles. The van der Waals surface area contributed by atoms with Crippen LogP contribution in [0.3, 0.4) is 0 Å². The lowest BCUT2D eigenvalue weighted by molar-refractivity contribution is -0.137. The Morgan fingerprint density at radius 3 is 1.73 bits per heavy atom. The van der Waals surface area contributed by atoms with Crippen LogP contribution in [-0.2, 0) is 23.8 Å². The van der Waals surface area contributed by atoms with Gasteiger partial charge in [0.2, 0.25) is 11.8 Å². The number of carbonyl (C=O) groups is 4. The van der Waals surface area contributed by atoms with E-state index in [-0.39, 0.29) is 30.8 Å². The van der Waals surface area contributed by atoms with Crippen molar-refractivity contribution < 1.29 is 37.8 Å². The summed E-state index contributed by atoms with van der Waals surface area (Å²) in [4.78, 5) is 70.6. The summed E-state index contributed by atoms with van der Waals surface area (Å²) < 4.78 is 29.6. The van der Waals surface area contributed by atoms with Crippen molar-refractivity contribution in [2.75, 3.05) is 34.0 Å². The molecule has 0 radical (unpaired) electrons. The number of alkyl halides is 1. The molecule has 2 aliphatic rings. The zero-order chi connectivity index (χ0) is 43.3. The number of nitrogens with zero attached hydrogens (tertiary/aromatic N) is 4. The second kappa shape index (κ2) is 18.5. The number of methoxy groups -OCH3 is 3. The lowest BCUT2D eigenvalue weighted by Gasteiger charge is -2.31. The van der Waals surface area contributed by atoms with Crippen molar-refractivity contribution in [2.24, 2.45) is 5.92 Å². The molecule has 1 unspecified atom stereocenters. The van der Waals surface area contributed by atoms with E-state index in [1.807, 2.05) is 53.4 Å². The lowest BCUT2D eigenvalue weighted by atomic mass is 10.0. The standard InChI is InChI=1S/C43H53FN8O7Si/c1-25(2)36(49-42(55)58-5)40(53)51-22-31(44)19-34(51)38-45-20-32(47-38)29-15-11-27(12-16-29)9-10-28-13-17-30(18-14-28)33-21-46-39(48-33)35-23-60(7,8)24-52(35)41(54)37(26(3)57-4)50-43(56)59-6/h11-18,20-21,25-26,31,34-37H,19,22-24H2,1-8H3,(H,45,47)(H,46,48)(H,49,55)(H,50,56)/t26?,31-,34+,35+,36+,37+/m1/s1. The zero-order valence-electron chi connectivity index (χ0n) is 35.2. The van der Waals surface area contributed by atoms with Crippen LogP contribution in [0.1, 0.15) is 62.1 Å². The molecule has 6 atom stereocenters. The average Bonchev–Trinajstić information content (AvgIpc) is 4.06. The topological polar surface area (TPSA) is 184 Å². The van der Waals surface area contributed by atoms with Gasteiger partial charge >= 0.3 is 12.2 Å². The minimum absolute atomic E-state index is 0.0930. The molecule has 17 heteroatoms. The molecule has 2 aliphatic heterocycles. The van der Waals surface area contributed by atoms with Crippen molar-refractivity contribution >= 4 is 32.1 Å². The first-order valence-electron chi connectivity index (χ1n) is 19.9. The number of amides is 4. The SMILES string of the molecule is COC(=O)N[C@H](C(=O)N1C[C@H](F)C[C@H]1c1ncc(-c2ccc(C#Cc3ccc(-c4cnc([C@@H]5C[Si](C)(C)CN5C(=O)[C@@H](NC(=O)OC)C(C)OC)[nH]4)cc3)cc2)[nH]1)C(C)C. The van der Waals surface area contributed by atoms with E-state index in [9.17, 15) is 23.6 Å². The molecular formula is C43H53FN8O7Si. The molecule has 60 heavy (non-hydrogen) atoms. The number of aromatic amines is 2. The molecule has 2 aromatic heterocycles. The quantitative estimate of drug-likeness (QED) is 0.108. The van der Waals surface area contributed by atoms with E-state index >= 15 is 0 Å². The Morgan fingerprint density at radius 1 is 0.767 bits per heavy atom. The molecule has 6 rings (SSSR count). The number of ether oxygens (including phenoxy) is 3. The summed E-state index contributed by atoms with van der Waals surface area (Å²) in [5, 5.41) is 5.23. The number of H-pyrrole nitrogens is 2. The van der Waals surface area contributed by atoms with Crippen LogP contribution in [0.5, 0.6) is 0 Å². The van der Waals surface area contributed by atoms with Crippen molar-refractivity contribution in [2.45, 2.75) is 82.8 Å². The van der Waals surface area contributed by atoms with Crippen molar-refractivity contribution in [3.05, 3.63) is 83.7 Å². The molecule has 0 bridgehead atoms. The number of likely N-dealkylation sites (tertiary alicyclic amines) is 1. The third-order valence-electron chi connectivity index (χ3n) is 11.1. The van der Waals surface area contributed by atoms with Gasteiger partial charge in [-0.25, -0.2) is 23.9 Å². The van der Waals surface area contributed by atoms with E-state index < -0.39 is 56.6 Å². The molecule has 2 aromatic carbocycles. The maximum atomic E-state index is 14.7. The van der Waals surface area contributed by atoms with Crippen LogP contribution in [0, 0.1) is 17.8 Å². The Balaban J connectivity index is 1.11. The molecular weight excluding hydrogens is 788 g/mol. The summed E-state index contributed by atoms with van der Waals surface area (Å²) >= 11 is 0. The third-order valence-corrected chi connectivity index (χ3v) is 13.7. The number of nitrogens with one attached hydrogen (secondary N) is 4. The van der Waals surface area contributed by atoms with E-state index in [0.29, 0.717) is 23.5 Å². The lowest BCUT2D eigenvalue weighted by Crippen LogP contribution is -2.54. The van der Waals surface area contributed by atoms with Crippen molar-refractivity contribution in [1.82, 2.24) is 40.4 Å². The van der Waals surface area contributed by atoms with Crippen LogP contribution in [0.4, 0.5) is 14.0 Å². The van der Waals surface area contributed by atoms with Crippen LogP contribution < -0.4 is 10.6 Å². The fourth-order valence-corrected chi connectivity index (χ4v) is 10.6. The number of hydrogen-bond donors (Lipinski definition) is 4. The Labute approximate surface area is 350 Å². The third kappa shape index (κ3) is 9.88. The number of rotatable bonds is 11. The zero-order valence-corrected chi connectivity index (χ0v) is 36.2. The maximum absolute atomic E-state index is 14.7. The summed E-state index contributed by atoms with van der Waals surface area (Å²) in [5.41, 5.74) is 4.91. The van der Waals surface area contributed by atoms with Gasteiger partial charge in [0.1, 0.15) is 29.9 Å². The second-order valence-corrected chi connectivity index (χ2v) is 21.4. The van der Waals surface area contributed by atoms with Crippen molar-refractivity contribution in [3.8, 4) is 34.4 Å². The van der Waals surface area contributed by atoms with Gasteiger partial charge in [0.25, 0.3) is 0 Å². The van der Waals surface area contributed by atoms with Crippen molar-refractivity contribution in [1.29, 1.82) is 0 Å². The van der Waals surface area contributed by atoms with E-state index in [1.165, 1.54) is 26.2 Å². The Hall–Kier alpha value is -5.99. The fraction of sp³-hybridized carbons (Fsp3) is 0.442. The van der Waals surface area contributed by atoms with Gasteiger partial charge < -0.3 is 44.6 Å². The van der Waals surface area contributed by atoms with Gasteiger partial charge in [-0.1, -0.05) is 63.0 Å². The number of aromatic nitrogens is 4. The van der Waals surface area contributed by atoms with Crippen LogP contribution in [0.15, 0.2) is 60.9 Å². The number of hydrogen-bond acceptors (Lipinski definition) is 9. The highest BCUT2D eigenvalue weighted by Crippen LogP contribution is 2.38. The van der Waals surface area contributed by atoms with Gasteiger partial charge in [0, 0.05) is 30.8 Å². The molecule has 0 saturated carbocycles. The minimum Gasteiger partial charge on any atom is -0.453 e. The molecule has 0 spiro atoms. The van der Waals surface area contributed by atoms with E-state index in [2.05, 4.69) is 50.5 Å². The van der Waals surface area contributed by atoms with Crippen LogP contribution in [0.2, 0.25) is 19.1 Å². The van der Waals surface area contributed by atoms with Crippen LogP contribution in [0.25, 0.3) is 22.5 Å². The van der Waals surface area contributed by atoms with Gasteiger partial charge in [-0.05, 0) is 54.3 Å².